The standard InChI is InChI=1S/C27H32FN3/c1-17-12-18(2)27-8-3-9-29-26(27)24(17)14-22(15-27)31-10-6-19(7-11-31)25-23-5-4-21(28)13-20(23)16-30-25/h4-5,13-15,17,19,26,29H,2-3,6-12,16H2,1H3. The van der Waals surface area contributed by atoms with Crippen LogP contribution in [0.4, 0.5) is 4.39 Å². The fraction of sp³-hybridized carbons (Fsp3) is 0.519. The molecule has 31 heavy (non-hydrogen) atoms. The first-order chi connectivity index (χ1) is 15.0. The molecule has 1 aromatic rings. The summed E-state index contributed by atoms with van der Waals surface area (Å²) in [6, 6.07) is 5.61. The highest BCUT2D eigenvalue weighted by Crippen LogP contribution is 2.54. The summed E-state index contributed by atoms with van der Waals surface area (Å²) in [4.78, 5) is 7.40. The molecule has 5 aliphatic rings. The normalized spacial score (nSPS) is 32.8. The second-order valence-electron chi connectivity index (χ2n) is 10.2. The number of fused-ring (bicyclic) bond motifs is 1. The first-order valence-corrected chi connectivity index (χ1v) is 12.0. The summed E-state index contributed by atoms with van der Waals surface area (Å²) in [5.74, 6) is 0.899. The lowest BCUT2D eigenvalue weighted by Crippen LogP contribution is -2.56. The molecule has 0 amide bonds. The number of likely N-dealkylation sites (tertiary alicyclic amines) is 1. The Labute approximate surface area is 184 Å². The number of nitrogens with zero attached hydrogens (tertiary/aromatic N) is 2. The minimum atomic E-state index is -0.154. The first-order valence-electron chi connectivity index (χ1n) is 12.0. The van der Waals surface area contributed by atoms with E-state index < -0.39 is 0 Å². The highest BCUT2D eigenvalue weighted by molar-refractivity contribution is 6.05. The average Bonchev–Trinajstić information content (AvgIpc) is 3.20. The molecule has 2 bridgehead atoms. The SMILES string of the molecule is C=C1CC(C)C2=CC(N3CCC(C4=NCc5cc(F)ccc54)CC3)=CC13CCCNC23. The van der Waals surface area contributed by atoms with Gasteiger partial charge in [0.05, 0.1) is 6.54 Å². The number of piperidine rings is 2. The van der Waals surface area contributed by atoms with Gasteiger partial charge in [-0.15, -0.1) is 0 Å². The van der Waals surface area contributed by atoms with Crippen molar-refractivity contribution in [3.05, 3.63) is 70.7 Å². The fourth-order valence-electron chi connectivity index (χ4n) is 6.81. The number of rotatable bonds is 2. The Bertz CT molecular complexity index is 1030. The highest BCUT2D eigenvalue weighted by Gasteiger charge is 2.50. The Hall–Kier alpha value is -2.20. The quantitative estimate of drug-likeness (QED) is 0.686. The zero-order valence-electron chi connectivity index (χ0n) is 18.5. The van der Waals surface area contributed by atoms with Gasteiger partial charge in [-0.3, -0.25) is 4.99 Å². The third kappa shape index (κ3) is 2.98. The Balaban J connectivity index is 1.23. The second kappa shape index (κ2) is 7.16. The van der Waals surface area contributed by atoms with Crippen molar-refractivity contribution in [2.24, 2.45) is 22.2 Å². The molecule has 1 saturated carbocycles. The van der Waals surface area contributed by atoms with E-state index in [1.807, 2.05) is 6.07 Å². The van der Waals surface area contributed by atoms with Gasteiger partial charge in [0.1, 0.15) is 5.82 Å². The van der Waals surface area contributed by atoms with Crippen LogP contribution in [0.25, 0.3) is 0 Å². The van der Waals surface area contributed by atoms with Crippen LogP contribution < -0.4 is 5.32 Å². The van der Waals surface area contributed by atoms with Crippen LogP contribution in [-0.4, -0.2) is 36.3 Å². The molecule has 3 atom stereocenters. The van der Waals surface area contributed by atoms with Crippen LogP contribution in [-0.2, 0) is 6.54 Å². The lowest BCUT2D eigenvalue weighted by Gasteiger charge is -2.54. The zero-order valence-corrected chi connectivity index (χ0v) is 18.5. The molecule has 1 N–H and O–H groups in total. The number of nitrogens with one attached hydrogen (secondary N) is 1. The molecular formula is C27H32FN3. The molecule has 162 valence electrons. The van der Waals surface area contributed by atoms with Gasteiger partial charge in [-0.1, -0.05) is 19.1 Å². The van der Waals surface area contributed by atoms with Crippen LogP contribution in [0, 0.1) is 23.1 Å². The number of allylic oxidation sites excluding steroid dienone is 1. The summed E-state index contributed by atoms with van der Waals surface area (Å²) in [6.07, 6.45) is 10.8. The summed E-state index contributed by atoms with van der Waals surface area (Å²) in [5, 5.41) is 3.82. The van der Waals surface area contributed by atoms with Crippen LogP contribution in [0.1, 0.15) is 50.2 Å². The summed E-state index contributed by atoms with van der Waals surface area (Å²) >= 11 is 0. The van der Waals surface area contributed by atoms with Crippen molar-refractivity contribution in [3.63, 3.8) is 0 Å². The minimum Gasteiger partial charge on any atom is -0.372 e. The van der Waals surface area contributed by atoms with Crippen LogP contribution in [0.2, 0.25) is 0 Å². The van der Waals surface area contributed by atoms with E-state index in [9.17, 15) is 4.39 Å². The van der Waals surface area contributed by atoms with E-state index in [1.165, 1.54) is 35.4 Å². The van der Waals surface area contributed by atoms with Gasteiger partial charge in [0.2, 0.25) is 0 Å². The number of hydrogen-bond donors (Lipinski definition) is 1. The van der Waals surface area contributed by atoms with E-state index in [0.717, 1.165) is 44.5 Å². The van der Waals surface area contributed by atoms with Crippen molar-refractivity contribution >= 4 is 5.71 Å². The van der Waals surface area contributed by atoms with E-state index >= 15 is 0 Å². The molecule has 1 aromatic carbocycles. The van der Waals surface area contributed by atoms with Crippen LogP contribution >= 0.6 is 0 Å². The maximum Gasteiger partial charge on any atom is 0.123 e. The molecule has 2 saturated heterocycles. The highest BCUT2D eigenvalue weighted by atomic mass is 19.1. The number of aliphatic imine (C=N–C) groups is 1. The average molecular weight is 418 g/mol. The van der Waals surface area contributed by atoms with Crippen LogP contribution in [0.5, 0.6) is 0 Å². The molecule has 0 spiro atoms. The van der Waals surface area contributed by atoms with Gasteiger partial charge < -0.3 is 10.2 Å². The van der Waals surface area contributed by atoms with Gasteiger partial charge in [-0.2, -0.15) is 0 Å². The molecule has 3 heterocycles. The number of hydrogen-bond acceptors (Lipinski definition) is 3. The van der Waals surface area contributed by atoms with Crippen molar-refractivity contribution in [2.45, 2.75) is 51.6 Å². The fourth-order valence-corrected chi connectivity index (χ4v) is 6.81. The van der Waals surface area contributed by atoms with E-state index in [2.05, 4.69) is 35.9 Å². The van der Waals surface area contributed by atoms with Crippen molar-refractivity contribution in [1.82, 2.24) is 10.2 Å². The Morgan fingerprint density at radius 2 is 2.10 bits per heavy atom. The van der Waals surface area contributed by atoms with Crippen molar-refractivity contribution in [1.29, 1.82) is 0 Å². The topological polar surface area (TPSA) is 27.6 Å². The predicted molar refractivity (Wildman–Crippen MR) is 123 cm³/mol. The van der Waals surface area contributed by atoms with Gasteiger partial charge in [0.25, 0.3) is 0 Å². The smallest absolute Gasteiger partial charge is 0.123 e. The third-order valence-corrected chi connectivity index (χ3v) is 8.47. The van der Waals surface area contributed by atoms with Crippen molar-refractivity contribution in [2.75, 3.05) is 19.6 Å². The summed E-state index contributed by atoms with van der Waals surface area (Å²) in [7, 11) is 0. The van der Waals surface area contributed by atoms with E-state index in [-0.39, 0.29) is 11.2 Å². The lowest BCUT2D eigenvalue weighted by atomic mass is 9.57. The molecule has 3 fully saturated rings. The van der Waals surface area contributed by atoms with Crippen molar-refractivity contribution < 1.29 is 4.39 Å². The second-order valence-corrected chi connectivity index (χ2v) is 10.2. The molecule has 3 nitrogen and oxygen atoms in total. The number of halogens is 1. The van der Waals surface area contributed by atoms with Crippen molar-refractivity contribution in [3.8, 4) is 0 Å². The molecule has 0 aromatic heterocycles. The molecule has 2 aliphatic carbocycles. The Morgan fingerprint density at radius 3 is 2.94 bits per heavy atom. The van der Waals surface area contributed by atoms with Gasteiger partial charge in [-0.05, 0) is 86.1 Å². The van der Waals surface area contributed by atoms with Crippen LogP contribution in [0.3, 0.4) is 0 Å². The summed E-state index contributed by atoms with van der Waals surface area (Å²) < 4.78 is 13.6. The molecule has 4 heteroatoms. The molecule has 0 radical (unpaired) electrons. The van der Waals surface area contributed by atoms with E-state index in [1.54, 1.807) is 17.7 Å². The van der Waals surface area contributed by atoms with Gasteiger partial charge in [-0.25, -0.2) is 4.39 Å². The van der Waals surface area contributed by atoms with Crippen LogP contribution in [0.15, 0.2) is 58.8 Å². The summed E-state index contributed by atoms with van der Waals surface area (Å²) in [5.41, 5.74) is 7.96. The van der Waals surface area contributed by atoms with E-state index in [4.69, 9.17) is 4.99 Å². The number of benzene rings is 1. The van der Waals surface area contributed by atoms with E-state index in [0.29, 0.717) is 24.4 Å². The largest absolute Gasteiger partial charge is 0.372 e. The third-order valence-electron chi connectivity index (χ3n) is 8.47. The summed E-state index contributed by atoms with van der Waals surface area (Å²) in [6.45, 7) is 10.8. The minimum absolute atomic E-state index is 0.111. The lowest BCUT2D eigenvalue weighted by molar-refractivity contribution is 0.198. The molecule has 3 unspecified atom stereocenters. The molecule has 6 rings (SSSR count). The van der Waals surface area contributed by atoms with Gasteiger partial charge in [0.15, 0.2) is 0 Å². The first kappa shape index (κ1) is 19.5. The predicted octanol–water partition coefficient (Wildman–Crippen LogP) is 5.00. The monoisotopic (exact) mass is 417 g/mol. The maximum absolute atomic E-state index is 13.6. The van der Waals surface area contributed by atoms with Gasteiger partial charge in [0, 0.05) is 47.4 Å². The molecular weight excluding hydrogens is 385 g/mol. The zero-order chi connectivity index (χ0) is 21.2. The Kier molecular flexibility index (Phi) is 4.50. The van der Waals surface area contributed by atoms with Gasteiger partial charge >= 0.3 is 0 Å². The maximum atomic E-state index is 13.6. The molecule has 3 aliphatic heterocycles. The Morgan fingerprint density at radius 1 is 1.26 bits per heavy atom.